The Kier molecular flexibility index (Phi) is 6.01. The highest BCUT2D eigenvalue weighted by Crippen LogP contribution is 2.31. The minimum atomic E-state index is 0. The van der Waals surface area contributed by atoms with Crippen molar-refractivity contribution in [2.45, 2.75) is 19.4 Å². The number of nitrogens with one attached hydrogen (secondary N) is 1. The smallest absolute Gasteiger partial charge is 0.250 e. The van der Waals surface area contributed by atoms with Crippen LogP contribution in [0.3, 0.4) is 0 Å². The van der Waals surface area contributed by atoms with Crippen LogP contribution in [0.2, 0.25) is 0 Å². The first kappa shape index (κ1) is 17.3. The molecule has 1 atom stereocenters. The number of nitrogens with zero attached hydrogens (tertiary/aromatic N) is 2. The Morgan fingerprint density at radius 2 is 2.00 bits per heavy atom. The van der Waals surface area contributed by atoms with E-state index in [1.807, 2.05) is 31.3 Å². The third kappa shape index (κ3) is 4.46. The maximum atomic E-state index is 5.56. The highest BCUT2D eigenvalue weighted by atomic mass is 35.5. The number of hydrogen-bond donors (Lipinski definition) is 1. The van der Waals surface area contributed by atoms with Gasteiger partial charge in [0.25, 0.3) is 5.89 Å². The predicted octanol–water partition coefficient (Wildman–Crippen LogP) is 2.58. The van der Waals surface area contributed by atoms with Gasteiger partial charge in [-0.1, -0.05) is 11.2 Å². The van der Waals surface area contributed by atoms with Crippen LogP contribution in [0.5, 0.6) is 11.5 Å². The second-order valence-electron chi connectivity index (χ2n) is 5.18. The number of rotatable bonds is 5. The molecule has 2 heterocycles. The van der Waals surface area contributed by atoms with Gasteiger partial charge in [-0.3, -0.25) is 0 Å². The Labute approximate surface area is 141 Å². The van der Waals surface area contributed by atoms with Gasteiger partial charge < -0.3 is 19.3 Å². The molecule has 1 aliphatic rings. The molecule has 0 radical (unpaired) electrons. The van der Waals surface area contributed by atoms with E-state index in [4.69, 9.17) is 14.0 Å². The molecule has 124 valence electrons. The third-order valence-corrected chi connectivity index (χ3v) is 3.45. The number of likely N-dealkylation sites (N-methyl/N-ethyl adjacent to an activating group) is 1. The van der Waals surface area contributed by atoms with Gasteiger partial charge in [0.2, 0.25) is 0 Å². The molecule has 0 bridgehead atoms. The molecule has 6 nitrogen and oxygen atoms in total. The fraction of sp³-hybridized carbons (Fsp3) is 0.375. The van der Waals surface area contributed by atoms with Crippen LogP contribution in [0.1, 0.15) is 24.2 Å². The van der Waals surface area contributed by atoms with Crippen molar-refractivity contribution in [1.29, 1.82) is 0 Å². The molecule has 2 aromatic rings. The molecular formula is C16H20ClN3O3. The van der Waals surface area contributed by atoms with Crippen LogP contribution in [0.15, 0.2) is 22.7 Å². The van der Waals surface area contributed by atoms with Crippen LogP contribution in [0.4, 0.5) is 0 Å². The van der Waals surface area contributed by atoms with Gasteiger partial charge in [-0.05, 0) is 37.7 Å². The summed E-state index contributed by atoms with van der Waals surface area (Å²) in [5.74, 6) is 2.74. The molecule has 1 aromatic heterocycles. The summed E-state index contributed by atoms with van der Waals surface area (Å²) in [6.07, 6.45) is 4.45. The molecule has 1 N–H and O–H groups in total. The number of benzene rings is 1. The topological polar surface area (TPSA) is 69.4 Å². The van der Waals surface area contributed by atoms with E-state index >= 15 is 0 Å². The van der Waals surface area contributed by atoms with E-state index in [2.05, 4.69) is 22.4 Å². The first-order valence-electron chi connectivity index (χ1n) is 7.32. The lowest BCUT2D eigenvalue weighted by Crippen LogP contribution is -2.24. The average molecular weight is 338 g/mol. The summed E-state index contributed by atoms with van der Waals surface area (Å²) in [6, 6.07) is 6.12. The van der Waals surface area contributed by atoms with Crippen molar-refractivity contribution in [2.75, 3.05) is 20.3 Å². The Morgan fingerprint density at radius 3 is 2.78 bits per heavy atom. The van der Waals surface area contributed by atoms with E-state index in [9.17, 15) is 0 Å². The van der Waals surface area contributed by atoms with E-state index in [0.717, 1.165) is 23.5 Å². The number of fused-ring (bicyclic) bond motifs is 1. The standard InChI is InChI=1S/C16H19N3O3.ClH/c1-11(17-2)9-15-18-16(22-19-15)6-4-12-3-5-13-14(10-12)21-8-7-20-13;/h3-6,10-11,17H,7-9H2,1-2H3;1H/b6-4+;. The van der Waals surface area contributed by atoms with Crippen LogP contribution in [-0.2, 0) is 6.42 Å². The summed E-state index contributed by atoms with van der Waals surface area (Å²) < 4.78 is 16.3. The minimum Gasteiger partial charge on any atom is -0.486 e. The molecule has 0 spiro atoms. The largest absolute Gasteiger partial charge is 0.486 e. The summed E-state index contributed by atoms with van der Waals surface area (Å²) in [4.78, 5) is 4.34. The normalized spacial score (nSPS) is 14.5. The van der Waals surface area contributed by atoms with Gasteiger partial charge in [0.05, 0.1) is 0 Å². The zero-order valence-corrected chi connectivity index (χ0v) is 13.9. The second-order valence-corrected chi connectivity index (χ2v) is 5.18. The predicted molar refractivity (Wildman–Crippen MR) is 90.1 cm³/mol. The fourth-order valence-electron chi connectivity index (χ4n) is 2.13. The Hall–Kier alpha value is -2.05. The van der Waals surface area contributed by atoms with E-state index < -0.39 is 0 Å². The zero-order valence-electron chi connectivity index (χ0n) is 13.1. The molecule has 1 unspecified atom stereocenters. The second kappa shape index (κ2) is 7.99. The van der Waals surface area contributed by atoms with Crippen LogP contribution in [0.25, 0.3) is 12.2 Å². The minimum absolute atomic E-state index is 0. The Bertz CT molecular complexity index is 672. The monoisotopic (exact) mass is 337 g/mol. The summed E-state index contributed by atoms with van der Waals surface area (Å²) in [7, 11) is 1.91. The Morgan fingerprint density at radius 1 is 1.22 bits per heavy atom. The number of aromatic nitrogens is 2. The van der Waals surface area contributed by atoms with Crippen LogP contribution in [0, 0.1) is 0 Å². The van der Waals surface area contributed by atoms with Crippen molar-refractivity contribution in [3.05, 3.63) is 35.5 Å². The van der Waals surface area contributed by atoms with Gasteiger partial charge in [0.1, 0.15) is 13.2 Å². The first-order valence-corrected chi connectivity index (χ1v) is 7.32. The summed E-state index contributed by atoms with van der Waals surface area (Å²) in [5.41, 5.74) is 0.993. The molecule has 0 aliphatic carbocycles. The van der Waals surface area contributed by atoms with E-state index in [1.54, 1.807) is 6.08 Å². The highest BCUT2D eigenvalue weighted by Gasteiger charge is 2.11. The molecule has 1 aromatic carbocycles. The molecule has 3 rings (SSSR count). The number of hydrogen-bond acceptors (Lipinski definition) is 6. The lowest BCUT2D eigenvalue weighted by atomic mass is 10.2. The van der Waals surface area contributed by atoms with E-state index in [0.29, 0.717) is 31.0 Å². The van der Waals surface area contributed by atoms with Gasteiger partial charge >= 0.3 is 0 Å². The SMILES string of the molecule is CNC(C)Cc1noc(/C=C/c2ccc3c(c2)OCCO3)n1.Cl. The summed E-state index contributed by atoms with van der Waals surface area (Å²) in [5, 5.41) is 7.11. The molecule has 0 saturated heterocycles. The summed E-state index contributed by atoms with van der Waals surface area (Å²) >= 11 is 0. The summed E-state index contributed by atoms with van der Waals surface area (Å²) in [6.45, 7) is 3.25. The van der Waals surface area contributed by atoms with Gasteiger partial charge in [0.15, 0.2) is 17.3 Å². The molecule has 0 amide bonds. The van der Waals surface area contributed by atoms with Crippen LogP contribution >= 0.6 is 12.4 Å². The van der Waals surface area contributed by atoms with Gasteiger partial charge in [0, 0.05) is 18.5 Å². The van der Waals surface area contributed by atoms with Crippen molar-refractivity contribution < 1.29 is 14.0 Å². The zero-order chi connectivity index (χ0) is 15.4. The van der Waals surface area contributed by atoms with Gasteiger partial charge in [-0.15, -0.1) is 12.4 Å². The van der Waals surface area contributed by atoms with Crippen molar-refractivity contribution in [2.24, 2.45) is 0 Å². The van der Waals surface area contributed by atoms with Crippen molar-refractivity contribution in [1.82, 2.24) is 15.5 Å². The van der Waals surface area contributed by atoms with Crippen LogP contribution < -0.4 is 14.8 Å². The lowest BCUT2D eigenvalue weighted by molar-refractivity contribution is 0.171. The maximum absolute atomic E-state index is 5.56. The van der Waals surface area contributed by atoms with Crippen molar-refractivity contribution >= 4 is 24.6 Å². The third-order valence-electron chi connectivity index (χ3n) is 3.45. The molecule has 0 saturated carbocycles. The molecule has 0 fully saturated rings. The van der Waals surface area contributed by atoms with Crippen molar-refractivity contribution in [3.63, 3.8) is 0 Å². The van der Waals surface area contributed by atoms with Crippen LogP contribution in [-0.4, -0.2) is 36.4 Å². The van der Waals surface area contributed by atoms with E-state index in [-0.39, 0.29) is 12.4 Å². The fourth-order valence-corrected chi connectivity index (χ4v) is 2.13. The van der Waals surface area contributed by atoms with E-state index in [1.165, 1.54) is 0 Å². The molecular weight excluding hydrogens is 318 g/mol. The van der Waals surface area contributed by atoms with Crippen molar-refractivity contribution in [3.8, 4) is 11.5 Å². The van der Waals surface area contributed by atoms with Gasteiger partial charge in [-0.25, -0.2) is 0 Å². The number of ether oxygens (including phenoxy) is 2. The maximum Gasteiger partial charge on any atom is 0.250 e. The Balaban J connectivity index is 0.00000192. The highest BCUT2D eigenvalue weighted by molar-refractivity contribution is 5.85. The first-order chi connectivity index (χ1) is 10.7. The van der Waals surface area contributed by atoms with Gasteiger partial charge in [-0.2, -0.15) is 4.98 Å². The molecule has 1 aliphatic heterocycles. The molecule has 7 heteroatoms. The average Bonchev–Trinajstić information content (AvgIpc) is 3.00. The quantitative estimate of drug-likeness (QED) is 0.904. The number of halogens is 1. The lowest BCUT2D eigenvalue weighted by Gasteiger charge is -2.18. The molecule has 23 heavy (non-hydrogen) atoms.